The van der Waals surface area contributed by atoms with Crippen LogP contribution in [0.25, 0.3) is 0 Å². The van der Waals surface area contributed by atoms with E-state index in [1.165, 1.54) is 32.1 Å². The Balaban J connectivity index is 2.06. The predicted molar refractivity (Wildman–Crippen MR) is 83.6 cm³/mol. The van der Waals surface area contributed by atoms with E-state index in [0.29, 0.717) is 12.0 Å². The SMILES string of the molecule is CN=C(NCc1ccc(OC)cc1C(F)(F)F)NC1CCCC1. The van der Waals surface area contributed by atoms with Crippen LogP contribution in [0.2, 0.25) is 0 Å². The number of hydrogen-bond acceptors (Lipinski definition) is 2. The molecule has 1 aliphatic carbocycles. The van der Waals surface area contributed by atoms with Crippen LogP contribution in [0.1, 0.15) is 36.8 Å². The minimum Gasteiger partial charge on any atom is -0.497 e. The molecule has 0 aliphatic heterocycles. The molecular weight excluding hydrogens is 307 g/mol. The van der Waals surface area contributed by atoms with E-state index in [1.807, 2.05) is 0 Å². The maximum atomic E-state index is 13.2. The molecule has 0 radical (unpaired) electrons. The summed E-state index contributed by atoms with van der Waals surface area (Å²) in [7, 11) is 2.96. The second-order valence-corrected chi connectivity index (χ2v) is 5.57. The fraction of sp³-hybridized carbons (Fsp3) is 0.562. The van der Waals surface area contributed by atoms with Gasteiger partial charge in [0, 0.05) is 19.6 Å². The van der Waals surface area contributed by atoms with E-state index < -0.39 is 11.7 Å². The van der Waals surface area contributed by atoms with Crippen molar-refractivity contribution in [2.24, 2.45) is 4.99 Å². The summed E-state index contributed by atoms with van der Waals surface area (Å²) < 4.78 is 44.4. The number of aliphatic imine (C=N–C) groups is 1. The average Bonchev–Trinajstić information content (AvgIpc) is 3.03. The Morgan fingerprint density at radius 2 is 2.00 bits per heavy atom. The highest BCUT2D eigenvalue weighted by atomic mass is 19.4. The summed E-state index contributed by atoms with van der Waals surface area (Å²) >= 11 is 0. The number of benzene rings is 1. The lowest BCUT2D eigenvalue weighted by atomic mass is 10.1. The maximum absolute atomic E-state index is 13.2. The number of rotatable bonds is 4. The molecule has 0 saturated heterocycles. The largest absolute Gasteiger partial charge is 0.497 e. The van der Waals surface area contributed by atoms with Gasteiger partial charge < -0.3 is 15.4 Å². The first kappa shape index (κ1) is 17.4. The summed E-state index contributed by atoms with van der Waals surface area (Å²) in [6, 6.07) is 4.32. The fourth-order valence-corrected chi connectivity index (χ4v) is 2.74. The molecular formula is C16H22F3N3O. The summed E-state index contributed by atoms with van der Waals surface area (Å²) in [5, 5.41) is 6.21. The van der Waals surface area contributed by atoms with Gasteiger partial charge in [0.25, 0.3) is 0 Å². The Bertz CT molecular complexity index is 552. The van der Waals surface area contributed by atoms with Crippen LogP contribution in [0.3, 0.4) is 0 Å². The monoisotopic (exact) mass is 329 g/mol. The van der Waals surface area contributed by atoms with Crippen LogP contribution in [0, 0.1) is 0 Å². The van der Waals surface area contributed by atoms with Gasteiger partial charge in [-0.05, 0) is 30.5 Å². The Hall–Kier alpha value is -1.92. The number of nitrogens with one attached hydrogen (secondary N) is 2. The highest BCUT2D eigenvalue weighted by Gasteiger charge is 2.33. The van der Waals surface area contributed by atoms with Crippen molar-refractivity contribution in [3.63, 3.8) is 0 Å². The fourth-order valence-electron chi connectivity index (χ4n) is 2.74. The van der Waals surface area contributed by atoms with E-state index in [2.05, 4.69) is 15.6 Å². The molecule has 7 heteroatoms. The van der Waals surface area contributed by atoms with Gasteiger partial charge in [0.1, 0.15) is 5.75 Å². The zero-order valence-electron chi connectivity index (χ0n) is 13.3. The lowest BCUT2D eigenvalue weighted by Crippen LogP contribution is -2.42. The minimum absolute atomic E-state index is 0.0469. The molecule has 2 rings (SSSR count). The molecule has 4 nitrogen and oxygen atoms in total. The molecule has 2 N–H and O–H groups in total. The highest BCUT2D eigenvalue weighted by molar-refractivity contribution is 5.80. The maximum Gasteiger partial charge on any atom is 0.416 e. The van der Waals surface area contributed by atoms with Gasteiger partial charge in [-0.3, -0.25) is 4.99 Å². The first-order valence-corrected chi connectivity index (χ1v) is 7.65. The third-order valence-electron chi connectivity index (χ3n) is 3.99. The Morgan fingerprint density at radius 3 is 2.57 bits per heavy atom. The molecule has 128 valence electrons. The van der Waals surface area contributed by atoms with Crippen molar-refractivity contribution in [1.82, 2.24) is 10.6 Å². The van der Waals surface area contributed by atoms with Crippen LogP contribution in [-0.4, -0.2) is 26.2 Å². The summed E-state index contributed by atoms with van der Waals surface area (Å²) in [4.78, 5) is 4.08. The van der Waals surface area contributed by atoms with Crippen LogP contribution >= 0.6 is 0 Å². The smallest absolute Gasteiger partial charge is 0.416 e. The van der Waals surface area contributed by atoms with Crippen LogP contribution in [0.4, 0.5) is 13.2 Å². The molecule has 0 spiro atoms. The number of ether oxygens (including phenoxy) is 1. The van der Waals surface area contributed by atoms with Gasteiger partial charge in [-0.2, -0.15) is 13.2 Å². The molecule has 0 heterocycles. The number of guanidine groups is 1. The Morgan fingerprint density at radius 1 is 1.30 bits per heavy atom. The average molecular weight is 329 g/mol. The molecule has 0 amide bonds. The van der Waals surface area contributed by atoms with Gasteiger partial charge in [0.2, 0.25) is 0 Å². The number of methoxy groups -OCH3 is 1. The molecule has 23 heavy (non-hydrogen) atoms. The molecule has 0 aromatic heterocycles. The zero-order chi connectivity index (χ0) is 16.9. The van der Waals surface area contributed by atoms with E-state index in [4.69, 9.17) is 4.74 Å². The lowest BCUT2D eigenvalue weighted by Gasteiger charge is -2.19. The topological polar surface area (TPSA) is 45.7 Å². The van der Waals surface area contributed by atoms with E-state index in [9.17, 15) is 13.2 Å². The van der Waals surface area contributed by atoms with Gasteiger partial charge in [0.05, 0.1) is 12.7 Å². The first-order chi connectivity index (χ1) is 10.9. The van der Waals surface area contributed by atoms with Gasteiger partial charge in [-0.1, -0.05) is 18.9 Å². The van der Waals surface area contributed by atoms with Crippen molar-refractivity contribution >= 4 is 5.96 Å². The molecule has 1 aromatic rings. The van der Waals surface area contributed by atoms with E-state index in [1.54, 1.807) is 7.05 Å². The predicted octanol–water partition coefficient (Wildman–Crippen LogP) is 3.32. The van der Waals surface area contributed by atoms with E-state index in [0.717, 1.165) is 18.9 Å². The number of alkyl halides is 3. The molecule has 0 unspecified atom stereocenters. The van der Waals surface area contributed by atoms with E-state index >= 15 is 0 Å². The number of nitrogens with zero attached hydrogens (tertiary/aromatic N) is 1. The third-order valence-corrected chi connectivity index (χ3v) is 3.99. The summed E-state index contributed by atoms with van der Waals surface area (Å²) in [5.74, 6) is 0.718. The summed E-state index contributed by atoms with van der Waals surface area (Å²) in [6.45, 7) is 0.0469. The van der Waals surface area contributed by atoms with Crippen LogP contribution in [-0.2, 0) is 12.7 Å². The first-order valence-electron chi connectivity index (χ1n) is 7.65. The molecule has 1 aliphatic rings. The summed E-state index contributed by atoms with van der Waals surface area (Å²) in [6.07, 6.45) is 0.0543. The second kappa shape index (κ2) is 7.57. The number of halogens is 3. The Kier molecular flexibility index (Phi) is 5.74. The van der Waals surface area contributed by atoms with Crippen LogP contribution in [0.15, 0.2) is 23.2 Å². The van der Waals surface area contributed by atoms with Crippen molar-refractivity contribution in [2.75, 3.05) is 14.2 Å². The van der Waals surface area contributed by atoms with Crippen molar-refractivity contribution in [3.8, 4) is 5.75 Å². The normalized spacial score (nSPS) is 16.5. The van der Waals surface area contributed by atoms with E-state index in [-0.39, 0.29) is 17.9 Å². The van der Waals surface area contributed by atoms with Crippen molar-refractivity contribution in [3.05, 3.63) is 29.3 Å². The molecule has 1 saturated carbocycles. The lowest BCUT2D eigenvalue weighted by molar-refractivity contribution is -0.138. The van der Waals surface area contributed by atoms with Gasteiger partial charge in [-0.15, -0.1) is 0 Å². The molecule has 1 aromatic carbocycles. The number of hydrogen-bond donors (Lipinski definition) is 2. The van der Waals surface area contributed by atoms with Crippen LogP contribution < -0.4 is 15.4 Å². The summed E-state index contributed by atoms with van der Waals surface area (Å²) in [5.41, 5.74) is -0.534. The highest BCUT2D eigenvalue weighted by Crippen LogP contribution is 2.34. The Labute approximate surface area is 134 Å². The van der Waals surface area contributed by atoms with Crippen molar-refractivity contribution in [2.45, 2.75) is 44.4 Å². The van der Waals surface area contributed by atoms with Gasteiger partial charge in [-0.25, -0.2) is 0 Å². The second-order valence-electron chi connectivity index (χ2n) is 5.57. The minimum atomic E-state index is -4.42. The molecule has 0 bridgehead atoms. The standard InChI is InChI=1S/C16H22F3N3O/c1-20-15(22-12-5-3-4-6-12)21-10-11-7-8-13(23-2)9-14(11)16(17,18)19/h7-9,12H,3-6,10H2,1-2H3,(H2,20,21,22). The third kappa shape index (κ3) is 4.77. The van der Waals surface area contributed by atoms with Crippen molar-refractivity contribution in [1.29, 1.82) is 0 Å². The van der Waals surface area contributed by atoms with Crippen molar-refractivity contribution < 1.29 is 17.9 Å². The van der Waals surface area contributed by atoms with Gasteiger partial charge >= 0.3 is 6.18 Å². The quantitative estimate of drug-likeness (QED) is 0.658. The van der Waals surface area contributed by atoms with Gasteiger partial charge in [0.15, 0.2) is 5.96 Å². The molecule has 0 atom stereocenters. The molecule has 1 fully saturated rings. The zero-order valence-corrected chi connectivity index (χ0v) is 13.3. The van der Waals surface area contributed by atoms with Crippen LogP contribution in [0.5, 0.6) is 5.75 Å².